The smallest absolute Gasteiger partial charge is 0.195 e. The molecule has 1 nitrogen and oxygen atoms in total. The van der Waals surface area contributed by atoms with Gasteiger partial charge < -0.3 is 4.42 Å². The van der Waals surface area contributed by atoms with E-state index in [0.717, 1.165) is 11.0 Å². The summed E-state index contributed by atoms with van der Waals surface area (Å²) in [5.74, 6) is 0. The van der Waals surface area contributed by atoms with E-state index < -0.39 is 8.80 Å². The summed E-state index contributed by atoms with van der Waals surface area (Å²) in [6.07, 6.45) is 2.22. The van der Waals surface area contributed by atoms with E-state index in [-0.39, 0.29) is 0 Å². The van der Waals surface area contributed by atoms with Crippen molar-refractivity contribution < 1.29 is 4.42 Å². The minimum absolute atomic E-state index is 0.855. The number of hydrogen-bond donors (Lipinski definition) is 0. The summed E-state index contributed by atoms with van der Waals surface area (Å²) < 4.78 is 6.00. The number of para-hydroxylation sites is 1. The lowest BCUT2D eigenvalue weighted by Gasteiger charge is -2.04. The molecule has 1 aliphatic heterocycles. The molecule has 1 aromatic heterocycles. The van der Waals surface area contributed by atoms with Gasteiger partial charge in [0.05, 0.1) is 5.38 Å². The monoisotopic (exact) mass is 247 g/mol. The molecule has 3 aromatic rings. The van der Waals surface area contributed by atoms with Crippen LogP contribution in [0.15, 0.2) is 64.7 Å². The van der Waals surface area contributed by atoms with E-state index in [1.165, 1.54) is 16.1 Å². The number of fused-ring (bicyclic) bond motifs is 2. The summed E-state index contributed by atoms with van der Waals surface area (Å²) in [6.45, 7) is 0. The van der Waals surface area contributed by atoms with Gasteiger partial charge in [-0.25, -0.2) is 0 Å². The van der Waals surface area contributed by atoms with Gasteiger partial charge in [0.2, 0.25) is 0 Å². The van der Waals surface area contributed by atoms with Crippen molar-refractivity contribution in [1.29, 1.82) is 0 Å². The molecule has 0 spiro atoms. The zero-order chi connectivity index (χ0) is 11.9. The van der Waals surface area contributed by atoms with Crippen LogP contribution in [0.3, 0.4) is 0 Å². The average molecular weight is 247 g/mol. The molecular weight excluding hydrogens is 236 g/mol. The molecule has 0 unspecified atom stereocenters. The second-order valence-corrected chi connectivity index (χ2v) is 6.67. The third-order valence-electron chi connectivity index (χ3n) is 3.37. The first-order chi connectivity index (χ1) is 8.92. The highest BCUT2D eigenvalue weighted by atomic mass is 28.3. The fourth-order valence-electron chi connectivity index (χ4n) is 2.48. The van der Waals surface area contributed by atoms with Gasteiger partial charge in [-0.15, -0.1) is 0 Å². The molecule has 18 heavy (non-hydrogen) atoms. The third kappa shape index (κ3) is 1.39. The Morgan fingerprint density at radius 1 is 0.889 bits per heavy atom. The second-order valence-electron chi connectivity index (χ2n) is 4.48. The van der Waals surface area contributed by atoms with Crippen LogP contribution in [0.4, 0.5) is 0 Å². The highest BCUT2D eigenvalue weighted by Crippen LogP contribution is 2.16. The Morgan fingerprint density at radius 2 is 1.72 bits per heavy atom. The van der Waals surface area contributed by atoms with Crippen LogP contribution >= 0.6 is 0 Å². The molecule has 0 bridgehead atoms. The molecule has 0 saturated carbocycles. The molecule has 85 valence electrons. The van der Waals surface area contributed by atoms with Crippen LogP contribution in [0, 0.1) is 0 Å². The molecule has 0 aliphatic carbocycles. The van der Waals surface area contributed by atoms with Crippen molar-refractivity contribution >= 4 is 36.4 Å². The first kappa shape index (κ1) is 9.92. The Kier molecular flexibility index (Phi) is 2.05. The van der Waals surface area contributed by atoms with Crippen molar-refractivity contribution in [1.82, 2.24) is 0 Å². The van der Waals surface area contributed by atoms with Crippen LogP contribution in [0.2, 0.25) is 0 Å². The molecule has 0 atom stereocenters. The normalized spacial score (nSPS) is 14.2. The van der Waals surface area contributed by atoms with Crippen LogP contribution in [0.1, 0.15) is 5.56 Å². The van der Waals surface area contributed by atoms with Crippen LogP contribution < -0.4 is 10.6 Å². The highest BCUT2D eigenvalue weighted by molar-refractivity contribution is 6.90. The predicted molar refractivity (Wildman–Crippen MR) is 76.7 cm³/mol. The highest BCUT2D eigenvalue weighted by Gasteiger charge is 2.24. The number of hydrogen-bond acceptors (Lipinski definition) is 1. The Balaban J connectivity index is 1.87. The van der Waals surface area contributed by atoms with Crippen molar-refractivity contribution in [3.63, 3.8) is 0 Å². The Hall–Kier alpha value is -2.06. The first-order valence-electron chi connectivity index (χ1n) is 6.05. The van der Waals surface area contributed by atoms with E-state index in [4.69, 9.17) is 4.42 Å². The standard InChI is InChI=1S/C16H11OSi/c1-3-7-14-13(6-1)11-16(17-14)18-10-9-12-5-2-4-8-15(12)18/h1-11H. The molecule has 2 heterocycles. The Bertz CT molecular complexity index is 721. The second kappa shape index (κ2) is 3.72. The van der Waals surface area contributed by atoms with Crippen LogP contribution in [0.5, 0.6) is 0 Å². The molecule has 4 rings (SSSR count). The summed E-state index contributed by atoms with van der Waals surface area (Å²) in [5, 5.41) is 3.76. The lowest BCUT2D eigenvalue weighted by Crippen LogP contribution is -2.38. The zero-order valence-electron chi connectivity index (χ0n) is 9.76. The van der Waals surface area contributed by atoms with Crippen molar-refractivity contribution in [3.05, 3.63) is 65.9 Å². The SMILES string of the molecule is C1=C[Si](c2cc3ccccc3o2)c2ccccc21. The van der Waals surface area contributed by atoms with Gasteiger partial charge in [-0.2, -0.15) is 0 Å². The van der Waals surface area contributed by atoms with E-state index >= 15 is 0 Å². The number of benzene rings is 2. The molecule has 0 saturated heterocycles. The average Bonchev–Trinajstić information content (AvgIpc) is 3.02. The van der Waals surface area contributed by atoms with Crippen molar-refractivity contribution in [2.75, 3.05) is 0 Å². The van der Waals surface area contributed by atoms with Gasteiger partial charge in [0.1, 0.15) is 5.58 Å². The van der Waals surface area contributed by atoms with E-state index in [2.05, 4.69) is 54.2 Å². The van der Waals surface area contributed by atoms with Crippen LogP contribution in [-0.2, 0) is 0 Å². The van der Waals surface area contributed by atoms with Gasteiger partial charge in [0.15, 0.2) is 8.80 Å². The molecule has 0 fully saturated rings. The fraction of sp³-hybridized carbons (Fsp3) is 0. The van der Waals surface area contributed by atoms with Crippen LogP contribution in [0.25, 0.3) is 17.0 Å². The van der Waals surface area contributed by atoms with Gasteiger partial charge >= 0.3 is 0 Å². The molecule has 1 radical (unpaired) electrons. The van der Waals surface area contributed by atoms with Crippen LogP contribution in [-0.4, -0.2) is 8.80 Å². The number of rotatable bonds is 1. The minimum Gasteiger partial charge on any atom is -0.466 e. The lowest BCUT2D eigenvalue weighted by atomic mass is 10.2. The van der Waals surface area contributed by atoms with Crippen molar-refractivity contribution in [2.45, 2.75) is 0 Å². The van der Waals surface area contributed by atoms with Crippen molar-refractivity contribution in [2.24, 2.45) is 0 Å². The molecule has 1 aliphatic rings. The van der Waals surface area contributed by atoms with E-state index in [9.17, 15) is 0 Å². The van der Waals surface area contributed by atoms with Gasteiger partial charge in [-0.05, 0) is 22.9 Å². The minimum atomic E-state index is -0.855. The van der Waals surface area contributed by atoms with Gasteiger partial charge in [-0.3, -0.25) is 0 Å². The topological polar surface area (TPSA) is 13.1 Å². The summed E-state index contributed by atoms with van der Waals surface area (Å²) in [5.41, 5.74) is 4.64. The van der Waals surface area contributed by atoms with E-state index in [1.54, 1.807) is 0 Å². The molecule has 0 N–H and O–H groups in total. The molecule has 0 amide bonds. The fourth-order valence-corrected chi connectivity index (χ4v) is 4.72. The van der Waals surface area contributed by atoms with Gasteiger partial charge in [0.25, 0.3) is 0 Å². The summed E-state index contributed by atoms with van der Waals surface area (Å²) in [7, 11) is -0.855. The van der Waals surface area contributed by atoms with Crippen molar-refractivity contribution in [3.8, 4) is 0 Å². The molecule has 2 aromatic carbocycles. The first-order valence-corrected chi connectivity index (χ1v) is 7.63. The molecule has 2 heteroatoms. The largest absolute Gasteiger partial charge is 0.466 e. The maximum absolute atomic E-state index is 6.00. The third-order valence-corrected chi connectivity index (χ3v) is 5.68. The predicted octanol–water partition coefficient (Wildman–Crippen LogP) is 2.61. The maximum atomic E-state index is 6.00. The van der Waals surface area contributed by atoms with E-state index in [1.807, 2.05) is 12.1 Å². The maximum Gasteiger partial charge on any atom is 0.195 e. The molecular formula is C16H11OSi. The van der Waals surface area contributed by atoms with Gasteiger partial charge in [-0.1, -0.05) is 54.2 Å². The Morgan fingerprint density at radius 3 is 2.67 bits per heavy atom. The van der Waals surface area contributed by atoms with E-state index in [0.29, 0.717) is 0 Å². The lowest BCUT2D eigenvalue weighted by molar-refractivity contribution is 0.651. The number of furan rings is 1. The summed E-state index contributed by atoms with van der Waals surface area (Å²) >= 11 is 0. The Labute approximate surface area is 107 Å². The summed E-state index contributed by atoms with van der Waals surface area (Å²) in [6, 6.07) is 19.0. The quantitative estimate of drug-likeness (QED) is 0.602. The van der Waals surface area contributed by atoms with Gasteiger partial charge in [0, 0.05) is 5.39 Å². The summed E-state index contributed by atoms with van der Waals surface area (Å²) in [4.78, 5) is 0. The zero-order valence-corrected chi connectivity index (χ0v) is 10.8.